The molecule has 1 N–H and O–H groups in total. The molecule has 0 radical (unpaired) electrons. The zero-order valence-corrected chi connectivity index (χ0v) is 11.8. The fourth-order valence-corrected chi connectivity index (χ4v) is 2.77. The van der Waals surface area contributed by atoms with Crippen LogP contribution >= 0.6 is 12.2 Å². The van der Waals surface area contributed by atoms with Gasteiger partial charge in [-0.1, -0.05) is 12.1 Å². The van der Waals surface area contributed by atoms with Crippen LogP contribution in [0.3, 0.4) is 0 Å². The van der Waals surface area contributed by atoms with Gasteiger partial charge in [0.25, 0.3) is 0 Å². The van der Waals surface area contributed by atoms with Crippen molar-refractivity contribution in [2.24, 2.45) is 0 Å². The Morgan fingerprint density at radius 1 is 1.05 bits per heavy atom. The van der Waals surface area contributed by atoms with E-state index in [2.05, 4.69) is 4.98 Å². The molecule has 0 saturated heterocycles. The summed E-state index contributed by atoms with van der Waals surface area (Å²) in [5.41, 5.74) is 1.25. The van der Waals surface area contributed by atoms with Crippen molar-refractivity contribution in [1.82, 2.24) is 9.55 Å². The molecular weight excluding hydrogens is 297 g/mol. The maximum atomic E-state index is 14.1. The van der Waals surface area contributed by atoms with Crippen molar-refractivity contribution in [2.75, 3.05) is 0 Å². The van der Waals surface area contributed by atoms with Gasteiger partial charge in [-0.05, 0) is 49.0 Å². The Hall–Kier alpha value is -2.08. The zero-order chi connectivity index (χ0) is 15.1. The first kappa shape index (κ1) is 13.9. The van der Waals surface area contributed by atoms with E-state index in [9.17, 15) is 13.2 Å². The van der Waals surface area contributed by atoms with Crippen molar-refractivity contribution >= 4 is 23.3 Å². The Labute approximate surface area is 123 Å². The van der Waals surface area contributed by atoms with Gasteiger partial charge in [0.1, 0.15) is 11.3 Å². The van der Waals surface area contributed by atoms with Crippen molar-refractivity contribution < 1.29 is 13.2 Å². The highest BCUT2D eigenvalue weighted by atomic mass is 32.1. The Morgan fingerprint density at radius 2 is 1.71 bits per heavy atom. The quantitative estimate of drug-likeness (QED) is 0.679. The lowest BCUT2D eigenvalue weighted by atomic mass is 10.1. The average molecular weight is 308 g/mol. The predicted octanol–water partition coefficient (Wildman–Crippen LogP) is 4.73. The molecule has 1 atom stereocenters. The van der Waals surface area contributed by atoms with Crippen LogP contribution in [0, 0.1) is 22.2 Å². The number of nitrogens with zero attached hydrogens (tertiary/aromatic N) is 1. The van der Waals surface area contributed by atoms with Gasteiger partial charge in [0.05, 0.1) is 11.6 Å². The number of benzene rings is 2. The van der Waals surface area contributed by atoms with Crippen molar-refractivity contribution in [3.63, 3.8) is 0 Å². The highest BCUT2D eigenvalue weighted by molar-refractivity contribution is 7.71. The van der Waals surface area contributed by atoms with E-state index in [1.165, 1.54) is 22.8 Å². The molecule has 1 heterocycles. The first-order valence-corrected chi connectivity index (χ1v) is 6.73. The average Bonchev–Trinajstić information content (AvgIpc) is 2.80. The van der Waals surface area contributed by atoms with Crippen LogP contribution in [0.25, 0.3) is 11.0 Å². The molecular formula is C15H11F3N2S. The fourth-order valence-electron chi connectivity index (χ4n) is 2.41. The summed E-state index contributed by atoms with van der Waals surface area (Å²) in [5, 5.41) is 0. The second-order valence-electron chi connectivity index (χ2n) is 4.79. The zero-order valence-electron chi connectivity index (χ0n) is 11.0. The summed E-state index contributed by atoms with van der Waals surface area (Å²) in [6, 6.07) is 7.97. The maximum Gasteiger partial charge on any atom is 0.184 e. The first-order chi connectivity index (χ1) is 9.99. The molecule has 3 rings (SSSR count). The molecule has 0 aliphatic carbocycles. The van der Waals surface area contributed by atoms with Crippen LogP contribution in [0.4, 0.5) is 13.2 Å². The smallest absolute Gasteiger partial charge is 0.184 e. The van der Waals surface area contributed by atoms with Crippen LogP contribution in [0.2, 0.25) is 0 Å². The Kier molecular flexibility index (Phi) is 3.33. The highest BCUT2D eigenvalue weighted by Gasteiger charge is 2.18. The predicted molar refractivity (Wildman–Crippen MR) is 77.3 cm³/mol. The molecule has 0 amide bonds. The van der Waals surface area contributed by atoms with E-state index in [-0.39, 0.29) is 22.1 Å². The minimum absolute atomic E-state index is 0.0804. The second-order valence-corrected chi connectivity index (χ2v) is 5.17. The Balaban J connectivity index is 2.24. The van der Waals surface area contributed by atoms with Gasteiger partial charge >= 0.3 is 0 Å². The third kappa shape index (κ3) is 2.25. The summed E-state index contributed by atoms with van der Waals surface area (Å²) in [4.78, 5) is 2.85. The Morgan fingerprint density at radius 3 is 2.38 bits per heavy atom. The van der Waals surface area contributed by atoms with Gasteiger partial charge < -0.3 is 9.55 Å². The largest absolute Gasteiger partial charge is 0.330 e. The van der Waals surface area contributed by atoms with Gasteiger partial charge in [0.15, 0.2) is 16.4 Å². The molecule has 1 aromatic heterocycles. The molecule has 0 bridgehead atoms. The summed E-state index contributed by atoms with van der Waals surface area (Å²) in [5.74, 6) is -2.24. The number of fused-ring (bicyclic) bond motifs is 1. The van der Waals surface area contributed by atoms with Gasteiger partial charge in [-0.3, -0.25) is 0 Å². The summed E-state index contributed by atoms with van der Waals surface area (Å²) < 4.78 is 42.3. The van der Waals surface area contributed by atoms with E-state index in [0.717, 1.165) is 11.6 Å². The maximum absolute atomic E-state index is 14.1. The summed E-state index contributed by atoms with van der Waals surface area (Å²) >= 11 is 5.20. The van der Waals surface area contributed by atoms with Crippen LogP contribution in [-0.4, -0.2) is 9.55 Å². The number of hydrogen-bond donors (Lipinski definition) is 1. The highest BCUT2D eigenvalue weighted by Crippen LogP contribution is 2.27. The van der Waals surface area contributed by atoms with Gasteiger partial charge in [-0.2, -0.15) is 0 Å². The normalized spacial score (nSPS) is 12.8. The topological polar surface area (TPSA) is 20.7 Å². The lowest BCUT2D eigenvalue weighted by Crippen LogP contribution is -2.08. The van der Waals surface area contributed by atoms with Crippen LogP contribution < -0.4 is 0 Å². The standard InChI is InChI=1S/C15H11F3N2S/c1-8(9-2-4-10(16)5-3-9)20-14-12(19-15(20)21)7-6-11(17)13(14)18/h2-8H,1H3,(H,19,21). The number of rotatable bonds is 2. The fraction of sp³-hybridized carbons (Fsp3) is 0.133. The number of aromatic amines is 1. The summed E-state index contributed by atoms with van der Waals surface area (Å²) in [6.07, 6.45) is 0. The SMILES string of the molecule is CC(c1ccc(F)cc1)n1c(=S)[nH]c2ccc(F)c(F)c21. The molecule has 0 saturated carbocycles. The summed E-state index contributed by atoms with van der Waals surface area (Å²) in [6.45, 7) is 1.79. The van der Waals surface area contributed by atoms with E-state index in [1.807, 2.05) is 0 Å². The number of halogens is 3. The van der Waals surface area contributed by atoms with Crippen molar-refractivity contribution in [1.29, 1.82) is 0 Å². The molecule has 2 nitrogen and oxygen atoms in total. The lowest BCUT2D eigenvalue weighted by molar-refractivity contribution is 0.508. The number of hydrogen-bond acceptors (Lipinski definition) is 1. The number of nitrogens with one attached hydrogen (secondary N) is 1. The molecule has 6 heteroatoms. The molecule has 0 aliphatic rings. The molecule has 1 unspecified atom stereocenters. The number of imidazole rings is 1. The van der Waals surface area contributed by atoms with Crippen molar-refractivity contribution in [3.05, 3.63) is 64.2 Å². The summed E-state index contributed by atoms with van der Waals surface area (Å²) in [7, 11) is 0. The van der Waals surface area contributed by atoms with Crippen LogP contribution in [0.5, 0.6) is 0 Å². The van der Waals surface area contributed by atoms with E-state index in [4.69, 9.17) is 12.2 Å². The number of aromatic nitrogens is 2. The van der Waals surface area contributed by atoms with Gasteiger partial charge in [0, 0.05) is 0 Å². The van der Waals surface area contributed by atoms with Gasteiger partial charge in [-0.25, -0.2) is 13.2 Å². The molecule has 0 aliphatic heterocycles. The molecule has 3 aromatic rings. The van der Waals surface area contributed by atoms with E-state index < -0.39 is 11.6 Å². The molecule has 21 heavy (non-hydrogen) atoms. The monoisotopic (exact) mass is 308 g/mol. The second kappa shape index (κ2) is 5.04. The van der Waals surface area contributed by atoms with E-state index >= 15 is 0 Å². The third-order valence-corrected chi connectivity index (χ3v) is 3.81. The molecule has 108 valence electrons. The van der Waals surface area contributed by atoms with Crippen LogP contribution in [-0.2, 0) is 0 Å². The minimum Gasteiger partial charge on any atom is -0.330 e. The van der Waals surface area contributed by atoms with Gasteiger partial charge in [-0.15, -0.1) is 0 Å². The molecule has 0 spiro atoms. The molecule has 2 aromatic carbocycles. The van der Waals surface area contributed by atoms with Crippen molar-refractivity contribution in [3.8, 4) is 0 Å². The van der Waals surface area contributed by atoms with Crippen LogP contribution in [0.15, 0.2) is 36.4 Å². The first-order valence-electron chi connectivity index (χ1n) is 6.32. The number of H-pyrrole nitrogens is 1. The third-order valence-electron chi connectivity index (χ3n) is 3.51. The van der Waals surface area contributed by atoms with Gasteiger partial charge in [0.2, 0.25) is 0 Å². The Bertz CT molecular complexity index is 865. The molecule has 0 fully saturated rings. The van der Waals surface area contributed by atoms with E-state index in [1.54, 1.807) is 19.1 Å². The minimum atomic E-state index is -0.950. The van der Waals surface area contributed by atoms with Crippen LogP contribution in [0.1, 0.15) is 18.5 Å². The van der Waals surface area contributed by atoms with E-state index in [0.29, 0.717) is 5.52 Å². The van der Waals surface area contributed by atoms with Crippen molar-refractivity contribution in [2.45, 2.75) is 13.0 Å². The lowest BCUT2D eigenvalue weighted by Gasteiger charge is -2.15.